The van der Waals surface area contributed by atoms with Crippen molar-refractivity contribution in [2.24, 2.45) is 0 Å². The molecule has 0 aliphatic carbocycles. The molecule has 3 rings (SSSR count). The van der Waals surface area contributed by atoms with E-state index in [9.17, 15) is 15.2 Å². The van der Waals surface area contributed by atoms with E-state index >= 15 is 0 Å². The van der Waals surface area contributed by atoms with Gasteiger partial charge in [0.05, 0.1) is 17.6 Å². The topological polar surface area (TPSA) is 84.4 Å². The Morgan fingerprint density at radius 3 is 2.67 bits per heavy atom. The average Bonchev–Trinajstić information content (AvgIpc) is 2.81. The Labute approximate surface area is 140 Å². The van der Waals surface area contributed by atoms with Crippen LogP contribution in [0.5, 0.6) is 0 Å². The van der Waals surface area contributed by atoms with Crippen molar-refractivity contribution >= 4 is 5.69 Å². The predicted octanol–water partition coefficient (Wildman–Crippen LogP) is 1.83. The Bertz CT molecular complexity index is 756. The van der Waals surface area contributed by atoms with E-state index in [4.69, 9.17) is 0 Å². The molecule has 1 aromatic carbocycles. The zero-order valence-corrected chi connectivity index (χ0v) is 14.0. The highest BCUT2D eigenvalue weighted by Gasteiger charge is 2.24. The molecule has 2 heterocycles. The van der Waals surface area contributed by atoms with Crippen molar-refractivity contribution in [3.05, 3.63) is 56.9 Å². The van der Waals surface area contributed by atoms with E-state index in [2.05, 4.69) is 28.2 Å². The van der Waals surface area contributed by atoms with Crippen LogP contribution in [0.1, 0.15) is 22.5 Å². The fourth-order valence-corrected chi connectivity index (χ4v) is 3.39. The first-order valence-corrected chi connectivity index (χ1v) is 8.11. The van der Waals surface area contributed by atoms with Crippen LogP contribution in [0.25, 0.3) is 0 Å². The first kappa shape index (κ1) is 16.6. The zero-order chi connectivity index (χ0) is 17.3. The Kier molecular flexibility index (Phi) is 4.64. The van der Waals surface area contributed by atoms with E-state index in [1.54, 1.807) is 13.8 Å². The zero-order valence-electron chi connectivity index (χ0n) is 14.0. The predicted molar refractivity (Wildman–Crippen MR) is 89.8 cm³/mol. The highest BCUT2D eigenvalue weighted by atomic mass is 16.6. The second kappa shape index (κ2) is 6.70. The highest BCUT2D eigenvalue weighted by molar-refractivity contribution is 5.39. The van der Waals surface area contributed by atoms with Crippen LogP contribution in [-0.4, -0.2) is 43.9 Å². The lowest BCUT2D eigenvalue weighted by molar-refractivity contribution is -0.386. The highest BCUT2D eigenvalue weighted by Crippen LogP contribution is 2.22. The van der Waals surface area contributed by atoms with E-state index in [0.29, 0.717) is 17.9 Å². The maximum atomic E-state index is 11.1. The number of nitro groups is 1. The van der Waals surface area contributed by atoms with Gasteiger partial charge in [0.2, 0.25) is 0 Å². The number of aryl methyl sites for hydroxylation is 1. The number of aliphatic hydroxyl groups excluding tert-OH is 1. The molecule has 1 aliphatic heterocycles. The Balaban J connectivity index is 1.64. The summed E-state index contributed by atoms with van der Waals surface area (Å²) < 4.78 is 1.54. The van der Waals surface area contributed by atoms with Gasteiger partial charge in [0.1, 0.15) is 11.4 Å². The SMILES string of the molecule is Cc1nn(CC(O)CN2CCc3ccccc3C2)c(C)c1[N+](=O)[O-]. The molecule has 2 aromatic rings. The molecule has 24 heavy (non-hydrogen) atoms. The maximum absolute atomic E-state index is 11.1. The fourth-order valence-electron chi connectivity index (χ4n) is 3.39. The smallest absolute Gasteiger partial charge is 0.312 e. The third kappa shape index (κ3) is 3.32. The minimum Gasteiger partial charge on any atom is -0.390 e. The fraction of sp³-hybridized carbons (Fsp3) is 0.471. The van der Waals surface area contributed by atoms with Crippen molar-refractivity contribution in [3.8, 4) is 0 Å². The maximum Gasteiger partial charge on any atom is 0.312 e. The van der Waals surface area contributed by atoms with Crippen molar-refractivity contribution in [3.63, 3.8) is 0 Å². The van der Waals surface area contributed by atoms with Crippen molar-refractivity contribution in [1.82, 2.24) is 14.7 Å². The average molecular weight is 330 g/mol. The number of hydrogen-bond donors (Lipinski definition) is 1. The molecule has 0 spiro atoms. The second-order valence-corrected chi connectivity index (χ2v) is 6.37. The molecule has 128 valence electrons. The number of fused-ring (bicyclic) bond motifs is 1. The molecule has 0 saturated heterocycles. The third-order valence-electron chi connectivity index (χ3n) is 4.59. The Hall–Kier alpha value is -2.25. The third-order valence-corrected chi connectivity index (χ3v) is 4.59. The number of aromatic nitrogens is 2. The van der Waals surface area contributed by atoms with Gasteiger partial charge in [0, 0.05) is 19.6 Å². The summed E-state index contributed by atoms with van der Waals surface area (Å²) >= 11 is 0. The van der Waals surface area contributed by atoms with Crippen LogP contribution in [0.2, 0.25) is 0 Å². The number of hydrogen-bond acceptors (Lipinski definition) is 5. The van der Waals surface area contributed by atoms with Gasteiger partial charge in [-0.3, -0.25) is 19.7 Å². The lowest BCUT2D eigenvalue weighted by atomic mass is 10.00. The first-order valence-electron chi connectivity index (χ1n) is 8.11. The molecule has 1 aliphatic rings. The largest absolute Gasteiger partial charge is 0.390 e. The molecule has 0 radical (unpaired) electrons. The van der Waals surface area contributed by atoms with Gasteiger partial charge in [-0.15, -0.1) is 0 Å². The van der Waals surface area contributed by atoms with Crippen LogP contribution in [0.4, 0.5) is 5.69 Å². The molecule has 0 fully saturated rings. The molecule has 1 aromatic heterocycles. The van der Waals surface area contributed by atoms with Gasteiger partial charge in [-0.2, -0.15) is 5.10 Å². The van der Waals surface area contributed by atoms with Crippen molar-refractivity contribution < 1.29 is 10.0 Å². The second-order valence-electron chi connectivity index (χ2n) is 6.37. The van der Waals surface area contributed by atoms with Gasteiger partial charge in [0.25, 0.3) is 0 Å². The molecule has 0 bridgehead atoms. The van der Waals surface area contributed by atoms with Gasteiger partial charge >= 0.3 is 5.69 Å². The summed E-state index contributed by atoms with van der Waals surface area (Å²) in [6.07, 6.45) is 0.363. The number of β-amino-alcohol motifs (C(OH)–C–C–N with tert-alkyl or cyclic N) is 1. The Morgan fingerprint density at radius 1 is 1.29 bits per heavy atom. The van der Waals surface area contributed by atoms with Crippen molar-refractivity contribution in [1.29, 1.82) is 0 Å². The lowest BCUT2D eigenvalue weighted by Gasteiger charge is -2.30. The minimum absolute atomic E-state index is 0.0362. The van der Waals surface area contributed by atoms with Crippen LogP contribution >= 0.6 is 0 Å². The van der Waals surface area contributed by atoms with Crippen LogP contribution in [0.3, 0.4) is 0 Å². The van der Waals surface area contributed by atoms with Gasteiger partial charge in [-0.25, -0.2) is 0 Å². The van der Waals surface area contributed by atoms with E-state index in [-0.39, 0.29) is 12.2 Å². The monoisotopic (exact) mass is 330 g/mol. The van der Waals surface area contributed by atoms with Crippen molar-refractivity contribution in [2.45, 2.75) is 39.5 Å². The summed E-state index contributed by atoms with van der Waals surface area (Å²) in [7, 11) is 0. The summed E-state index contributed by atoms with van der Waals surface area (Å²) in [5.74, 6) is 0. The number of nitrogens with zero attached hydrogens (tertiary/aromatic N) is 4. The molecule has 1 unspecified atom stereocenters. The minimum atomic E-state index is -0.618. The number of aliphatic hydroxyl groups is 1. The van der Waals surface area contributed by atoms with Gasteiger partial charge in [-0.05, 0) is 31.4 Å². The van der Waals surface area contributed by atoms with Crippen LogP contribution in [-0.2, 0) is 19.5 Å². The summed E-state index contributed by atoms with van der Waals surface area (Å²) in [6, 6.07) is 8.36. The molecular formula is C17H22N4O3. The van der Waals surface area contributed by atoms with Gasteiger partial charge < -0.3 is 5.11 Å². The standard InChI is InChI=1S/C17H22N4O3/c1-12-17(21(23)24)13(2)20(18-12)11-16(22)10-19-8-7-14-5-3-4-6-15(14)9-19/h3-6,16,22H,7-11H2,1-2H3. The molecule has 0 saturated carbocycles. The summed E-state index contributed by atoms with van der Waals surface area (Å²) in [6.45, 7) is 5.81. The first-order chi connectivity index (χ1) is 11.5. The molecule has 1 atom stereocenters. The summed E-state index contributed by atoms with van der Waals surface area (Å²) in [5.41, 5.74) is 3.58. The summed E-state index contributed by atoms with van der Waals surface area (Å²) in [4.78, 5) is 12.9. The number of benzene rings is 1. The van der Waals surface area contributed by atoms with Crippen LogP contribution in [0.15, 0.2) is 24.3 Å². The molecule has 1 N–H and O–H groups in total. The normalized spacial score (nSPS) is 16.0. The van der Waals surface area contributed by atoms with Crippen LogP contribution < -0.4 is 0 Å². The number of rotatable bonds is 5. The summed E-state index contributed by atoms with van der Waals surface area (Å²) in [5, 5.41) is 25.6. The van der Waals surface area contributed by atoms with Gasteiger partial charge in [0.15, 0.2) is 0 Å². The van der Waals surface area contributed by atoms with Crippen LogP contribution in [0, 0.1) is 24.0 Å². The molecule has 0 amide bonds. The van der Waals surface area contributed by atoms with E-state index < -0.39 is 11.0 Å². The van der Waals surface area contributed by atoms with Crippen molar-refractivity contribution in [2.75, 3.05) is 13.1 Å². The lowest BCUT2D eigenvalue weighted by Crippen LogP contribution is -2.38. The molecule has 7 nitrogen and oxygen atoms in total. The van der Waals surface area contributed by atoms with E-state index in [1.165, 1.54) is 15.8 Å². The van der Waals surface area contributed by atoms with E-state index in [0.717, 1.165) is 19.5 Å². The quantitative estimate of drug-likeness (QED) is 0.668. The Morgan fingerprint density at radius 2 is 2.00 bits per heavy atom. The van der Waals surface area contributed by atoms with E-state index in [1.807, 2.05) is 6.07 Å². The molecular weight excluding hydrogens is 308 g/mol. The van der Waals surface area contributed by atoms with Gasteiger partial charge in [-0.1, -0.05) is 24.3 Å². The molecule has 7 heteroatoms.